The predicted molar refractivity (Wildman–Crippen MR) is 85.3 cm³/mol. The van der Waals surface area contributed by atoms with E-state index in [0.29, 0.717) is 18.8 Å². The second-order valence-electron chi connectivity index (χ2n) is 5.33. The van der Waals surface area contributed by atoms with E-state index in [9.17, 15) is 18.5 Å². The second-order valence-corrected chi connectivity index (χ2v) is 10.4. The summed E-state index contributed by atoms with van der Waals surface area (Å²) in [5.74, 6) is 0.704. The van der Waals surface area contributed by atoms with Gasteiger partial charge in [0.2, 0.25) is 0 Å². The van der Waals surface area contributed by atoms with Gasteiger partial charge in [-0.15, -0.1) is 0 Å². The van der Waals surface area contributed by atoms with E-state index >= 15 is 0 Å². The molecule has 0 saturated carbocycles. The van der Waals surface area contributed by atoms with E-state index in [0.717, 1.165) is 23.8 Å². The third-order valence-corrected chi connectivity index (χ3v) is 7.98. The number of hydrogen-bond acceptors (Lipinski definition) is 7. The summed E-state index contributed by atoms with van der Waals surface area (Å²) in [5, 5.41) is 10.7. The van der Waals surface area contributed by atoms with E-state index in [1.165, 1.54) is 4.31 Å². The topological polar surface area (TPSA) is 107 Å². The van der Waals surface area contributed by atoms with Gasteiger partial charge in [0, 0.05) is 29.7 Å². The standard InChI is InChI=1S/C11H17N3O4S3/c1-11(2)3-4-13(5-6-19-11)21(17,18)9-7-8(14(15)16)10(12)20-9/h7H,3-6,12H2,1-2H3. The van der Waals surface area contributed by atoms with Gasteiger partial charge in [-0.25, -0.2) is 8.42 Å². The number of nitrogens with two attached hydrogens (primary N) is 1. The summed E-state index contributed by atoms with van der Waals surface area (Å²) in [6.07, 6.45) is 0.736. The number of thioether (sulfide) groups is 1. The van der Waals surface area contributed by atoms with Crippen molar-refractivity contribution in [1.29, 1.82) is 0 Å². The lowest BCUT2D eigenvalue weighted by atomic mass is 10.1. The molecule has 7 nitrogen and oxygen atoms in total. The van der Waals surface area contributed by atoms with Crippen LogP contribution < -0.4 is 5.73 Å². The molecule has 0 atom stereocenters. The largest absolute Gasteiger partial charge is 0.385 e. The van der Waals surface area contributed by atoms with Gasteiger partial charge in [0.15, 0.2) is 5.00 Å². The molecule has 0 bridgehead atoms. The van der Waals surface area contributed by atoms with Gasteiger partial charge in [-0.05, 0) is 6.42 Å². The molecule has 10 heteroatoms. The van der Waals surface area contributed by atoms with Crippen molar-refractivity contribution in [1.82, 2.24) is 4.31 Å². The Kier molecular flexibility index (Phi) is 4.52. The van der Waals surface area contributed by atoms with Crippen LogP contribution in [-0.4, -0.2) is 41.2 Å². The van der Waals surface area contributed by atoms with Crippen LogP contribution in [0.4, 0.5) is 10.7 Å². The molecule has 2 rings (SSSR count). The van der Waals surface area contributed by atoms with Crippen LogP contribution in [0.5, 0.6) is 0 Å². The number of hydrogen-bond donors (Lipinski definition) is 1. The first kappa shape index (κ1) is 16.5. The third kappa shape index (κ3) is 3.50. The van der Waals surface area contributed by atoms with Crippen molar-refractivity contribution in [3.63, 3.8) is 0 Å². The minimum Gasteiger partial charge on any atom is -0.385 e. The molecule has 1 fully saturated rings. The summed E-state index contributed by atoms with van der Waals surface area (Å²) in [7, 11) is -3.72. The van der Waals surface area contributed by atoms with Crippen LogP contribution in [0.2, 0.25) is 0 Å². The van der Waals surface area contributed by atoms with E-state index in [4.69, 9.17) is 5.73 Å². The third-order valence-electron chi connectivity index (χ3n) is 3.31. The fourth-order valence-corrected chi connectivity index (χ4v) is 6.04. The van der Waals surface area contributed by atoms with Gasteiger partial charge in [-0.1, -0.05) is 25.2 Å². The number of anilines is 1. The Hall–Kier alpha value is -0.840. The quantitative estimate of drug-likeness (QED) is 0.660. The molecule has 0 unspecified atom stereocenters. The van der Waals surface area contributed by atoms with Crippen LogP contribution in [0, 0.1) is 10.1 Å². The van der Waals surface area contributed by atoms with Crippen molar-refractivity contribution < 1.29 is 13.3 Å². The zero-order chi connectivity index (χ0) is 15.8. The molecule has 1 aromatic rings. The van der Waals surface area contributed by atoms with E-state index in [2.05, 4.69) is 13.8 Å². The fourth-order valence-electron chi connectivity index (χ4n) is 2.01. The summed E-state index contributed by atoms with van der Waals surface area (Å²) < 4.78 is 26.5. The van der Waals surface area contributed by atoms with Crippen molar-refractivity contribution in [2.75, 3.05) is 24.6 Å². The Morgan fingerprint density at radius 2 is 2.10 bits per heavy atom. The summed E-state index contributed by atoms with van der Waals surface area (Å²) in [4.78, 5) is 10.1. The molecule has 2 heterocycles. The molecule has 21 heavy (non-hydrogen) atoms. The van der Waals surface area contributed by atoms with Gasteiger partial charge in [-0.2, -0.15) is 16.1 Å². The number of nitrogen functional groups attached to an aromatic ring is 1. The lowest BCUT2D eigenvalue weighted by Gasteiger charge is -2.21. The van der Waals surface area contributed by atoms with Crippen molar-refractivity contribution in [2.45, 2.75) is 29.2 Å². The number of nitro groups is 1. The highest BCUT2D eigenvalue weighted by molar-refractivity contribution is 8.00. The molecule has 0 radical (unpaired) electrons. The maximum Gasteiger partial charge on any atom is 0.304 e. The minimum absolute atomic E-state index is 0.0325. The van der Waals surface area contributed by atoms with Crippen LogP contribution in [0.25, 0.3) is 0 Å². The zero-order valence-electron chi connectivity index (χ0n) is 11.7. The minimum atomic E-state index is -3.72. The summed E-state index contributed by atoms with van der Waals surface area (Å²) in [5.41, 5.74) is 5.19. The van der Waals surface area contributed by atoms with E-state index < -0.39 is 14.9 Å². The number of thiophene rings is 1. The molecule has 1 saturated heterocycles. The highest BCUT2D eigenvalue weighted by atomic mass is 32.2. The Balaban J connectivity index is 2.29. The monoisotopic (exact) mass is 351 g/mol. The number of rotatable bonds is 3. The number of sulfonamides is 1. The molecule has 0 aliphatic carbocycles. The lowest BCUT2D eigenvalue weighted by Crippen LogP contribution is -2.33. The average molecular weight is 351 g/mol. The average Bonchev–Trinajstić information content (AvgIpc) is 2.66. The van der Waals surface area contributed by atoms with Gasteiger partial charge in [-0.3, -0.25) is 10.1 Å². The lowest BCUT2D eigenvalue weighted by molar-refractivity contribution is -0.383. The molecule has 1 aliphatic heterocycles. The fraction of sp³-hybridized carbons (Fsp3) is 0.636. The Morgan fingerprint density at radius 3 is 2.67 bits per heavy atom. The van der Waals surface area contributed by atoms with E-state index in [1.54, 1.807) is 11.8 Å². The van der Waals surface area contributed by atoms with Crippen LogP contribution in [0.1, 0.15) is 20.3 Å². The van der Waals surface area contributed by atoms with Crippen LogP contribution in [-0.2, 0) is 10.0 Å². The first-order chi connectivity index (χ1) is 9.63. The zero-order valence-corrected chi connectivity index (χ0v) is 14.2. The molecule has 118 valence electrons. The molecule has 0 amide bonds. The van der Waals surface area contributed by atoms with Crippen molar-refractivity contribution in [2.24, 2.45) is 0 Å². The molecular weight excluding hydrogens is 334 g/mol. The van der Waals surface area contributed by atoms with Gasteiger partial charge in [0.1, 0.15) is 4.21 Å². The Labute approximate surface area is 131 Å². The summed E-state index contributed by atoms with van der Waals surface area (Å²) in [6, 6.07) is 1.05. The molecule has 0 aromatic carbocycles. The molecule has 2 N–H and O–H groups in total. The van der Waals surface area contributed by atoms with Crippen molar-refractivity contribution >= 4 is 43.8 Å². The molecule has 1 aliphatic rings. The Bertz CT molecular complexity index is 654. The summed E-state index contributed by atoms with van der Waals surface area (Å²) >= 11 is 2.48. The maximum absolute atomic E-state index is 12.6. The molecule has 0 spiro atoms. The van der Waals surface area contributed by atoms with E-state index in [-0.39, 0.29) is 19.6 Å². The van der Waals surface area contributed by atoms with Gasteiger partial charge >= 0.3 is 5.69 Å². The van der Waals surface area contributed by atoms with Gasteiger partial charge < -0.3 is 5.73 Å². The molecular formula is C11H17N3O4S3. The van der Waals surface area contributed by atoms with Crippen molar-refractivity contribution in [3.05, 3.63) is 16.2 Å². The second kappa shape index (κ2) is 5.75. The van der Waals surface area contributed by atoms with Crippen LogP contribution >= 0.6 is 23.1 Å². The molecule has 1 aromatic heterocycles. The normalized spacial score (nSPS) is 20.1. The Morgan fingerprint density at radius 1 is 1.43 bits per heavy atom. The highest BCUT2D eigenvalue weighted by Gasteiger charge is 2.33. The SMILES string of the molecule is CC1(C)CCN(S(=O)(=O)c2cc([N+](=O)[O-])c(N)s2)CCS1. The number of nitrogens with zero attached hydrogens (tertiary/aromatic N) is 2. The maximum atomic E-state index is 12.6. The smallest absolute Gasteiger partial charge is 0.304 e. The van der Waals surface area contributed by atoms with Gasteiger partial charge in [0.05, 0.1) is 4.92 Å². The van der Waals surface area contributed by atoms with Crippen LogP contribution in [0.15, 0.2) is 10.3 Å². The first-order valence-corrected chi connectivity index (χ1v) is 9.55. The first-order valence-electron chi connectivity index (χ1n) is 6.31. The van der Waals surface area contributed by atoms with Crippen molar-refractivity contribution in [3.8, 4) is 0 Å². The van der Waals surface area contributed by atoms with E-state index in [1.807, 2.05) is 0 Å². The predicted octanol–water partition coefficient (Wildman–Crippen LogP) is 2.14. The highest BCUT2D eigenvalue weighted by Crippen LogP contribution is 2.37. The van der Waals surface area contributed by atoms with Gasteiger partial charge in [0.25, 0.3) is 10.0 Å². The van der Waals surface area contributed by atoms with Crippen LogP contribution in [0.3, 0.4) is 0 Å². The summed E-state index contributed by atoms with van der Waals surface area (Å²) in [6.45, 7) is 4.99.